The van der Waals surface area contributed by atoms with Crippen molar-refractivity contribution in [1.82, 2.24) is 34.9 Å². The molecule has 1 aliphatic rings. The first-order valence-electron chi connectivity index (χ1n) is 17.2. The molecule has 1 saturated heterocycles. The van der Waals surface area contributed by atoms with Gasteiger partial charge in [0, 0.05) is 44.0 Å². The number of ketones is 1. The lowest BCUT2D eigenvalue weighted by Gasteiger charge is -2.30. The quantitative estimate of drug-likeness (QED) is 0.0276. The van der Waals surface area contributed by atoms with Gasteiger partial charge in [0.25, 0.3) is 0 Å². The number of aliphatic hydroxyl groups excluding tert-OH is 2. The number of aromatic nitrogens is 4. The number of hydrogen-bond donors (Lipinski definition) is 10. The van der Waals surface area contributed by atoms with Crippen molar-refractivity contribution in [3.8, 4) is 0 Å². The Labute approximate surface area is 334 Å². The summed E-state index contributed by atoms with van der Waals surface area (Å²) in [5.41, 5.74) is 4.05. The molecule has 3 amide bonds. The average molecular weight is 909 g/mol. The summed E-state index contributed by atoms with van der Waals surface area (Å²) in [5, 5.41) is 26.6. The lowest BCUT2D eigenvalue weighted by atomic mass is 9.87. The third-order valence-corrected chi connectivity index (χ3v) is 11.9. The van der Waals surface area contributed by atoms with E-state index in [1.54, 1.807) is 0 Å². The highest BCUT2D eigenvalue weighted by Crippen LogP contribution is 2.61. The van der Waals surface area contributed by atoms with Crippen LogP contribution in [0, 0.1) is 5.41 Å². The van der Waals surface area contributed by atoms with E-state index in [2.05, 4.69) is 34.6 Å². The van der Waals surface area contributed by atoms with Crippen molar-refractivity contribution in [3.05, 3.63) is 12.2 Å². The molecule has 1 fully saturated rings. The molecule has 0 aliphatic carbocycles. The van der Waals surface area contributed by atoms with Gasteiger partial charge in [-0.15, -0.1) is 0 Å². The fourth-order valence-corrected chi connectivity index (χ4v) is 8.41. The molecule has 2 unspecified atom stereocenters. The second-order valence-corrected chi connectivity index (χ2v) is 18.4. The number of phosphoric ester groups is 3. The maximum atomic E-state index is 13.2. The lowest BCUT2D eigenvalue weighted by molar-refractivity contribution is -0.137. The van der Waals surface area contributed by atoms with Crippen LogP contribution in [0.2, 0.25) is 0 Å². The summed E-state index contributed by atoms with van der Waals surface area (Å²) in [5.74, 6) is -2.35. The number of aliphatic hydroxyl groups is 2. The molecule has 0 radical (unpaired) electrons. The Morgan fingerprint density at radius 2 is 1.72 bits per heavy atom. The Bertz CT molecular complexity index is 1930. The molecule has 0 saturated carbocycles. The number of ether oxygens (including phenoxy) is 1. The Morgan fingerprint density at radius 1 is 1.05 bits per heavy atom. The smallest absolute Gasteiger partial charge is 0.386 e. The van der Waals surface area contributed by atoms with Crippen molar-refractivity contribution in [2.75, 3.05) is 37.8 Å². The number of imidazole rings is 1. The molecule has 328 valence electrons. The number of fused-ring (bicyclic) bond motifs is 1. The van der Waals surface area contributed by atoms with E-state index in [1.165, 1.54) is 20.8 Å². The van der Waals surface area contributed by atoms with Crippen LogP contribution in [-0.2, 0) is 50.7 Å². The van der Waals surface area contributed by atoms with Gasteiger partial charge >= 0.3 is 23.5 Å². The molecule has 7 atom stereocenters. The number of nitrogens with one attached hydrogen (secondary N) is 3. The minimum absolute atomic E-state index is 0.0211. The largest absolute Gasteiger partial charge is 0.481 e. The van der Waals surface area contributed by atoms with Crippen molar-refractivity contribution < 1.29 is 85.3 Å². The van der Waals surface area contributed by atoms with Crippen molar-refractivity contribution in [3.63, 3.8) is 0 Å². The fraction of sp³-hybridized carbons (Fsp3) is 0.679. The van der Waals surface area contributed by atoms with Crippen LogP contribution in [0.4, 0.5) is 5.82 Å². The zero-order chi connectivity index (χ0) is 43.6. The number of hydrogen-bond acceptors (Lipinski definition) is 19. The van der Waals surface area contributed by atoms with Crippen LogP contribution >= 0.6 is 35.4 Å². The molecule has 0 spiro atoms. The van der Waals surface area contributed by atoms with E-state index in [1.807, 2.05) is 6.92 Å². The Hall–Kier alpha value is -2.97. The van der Waals surface area contributed by atoms with E-state index < -0.39 is 90.3 Å². The van der Waals surface area contributed by atoms with Crippen LogP contribution in [-0.4, -0.2) is 129 Å². The minimum Gasteiger partial charge on any atom is -0.386 e. The molecule has 2 aromatic heterocycles. The summed E-state index contributed by atoms with van der Waals surface area (Å²) in [6.45, 7) is 3.52. The standard InChI is InChI=1S/C28H47N8O18P3S/c1-5-6-7-16(38)24-34-19-23(29)32-14-33-25(19)36(24)27-20(40)21(53-55(43,44)45)17(52-27)12-50-56(46,47)54-57(48,49)51-13-28(3,4)22(41)26(42)31-9-8-18(39)30-10-11-58-35-15(2)37/h14,17,20-22,27,40-41H,5-13H2,1-4H3,(H,30,39)(H,31,42)(H,35,37)(H,46,47)(H,48,49)(H2,29,32,33)(H2,43,44,45)/t17-,20-,21-,22+,27-/m1/s1. The van der Waals surface area contributed by atoms with Crippen LogP contribution < -0.4 is 21.1 Å². The van der Waals surface area contributed by atoms with Gasteiger partial charge in [0.2, 0.25) is 17.7 Å². The molecule has 30 heteroatoms. The van der Waals surface area contributed by atoms with Crippen LogP contribution in [0.1, 0.15) is 70.2 Å². The first-order valence-corrected chi connectivity index (χ1v) is 22.7. The highest BCUT2D eigenvalue weighted by molar-refractivity contribution is 7.97. The van der Waals surface area contributed by atoms with Crippen LogP contribution in [0.15, 0.2) is 6.33 Å². The molecular weight excluding hydrogens is 861 g/mol. The van der Waals surface area contributed by atoms with Crippen molar-refractivity contribution in [2.45, 2.75) is 84.0 Å². The van der Waals surface area contributed by atoms with Gasteiger partial charge in [-0.25, -0.2) is 28.6 Å². The van der Waals surface area contributed by atoms with Gasteiger partial charge < -0.3 is 55.6 Å². The monoisotopic (exact) mass is 908 g/mol. The lowest BCUT2D eigenvalue weighted by Crippen LogP contribution is -2.46. The zero-order valence-electron chi connectivity index (χ0n) is 31.5. The summed E-state index contributed by atoms with van der Waals surface area (Å²) < 4.78 is 65.2. The number of unbranched alkanes of at least 4 members (excludes halogenated alkanes) is 1. The van der Waals surface area contributed by atoms with E-state index >= 15 is 0 Å². The normalized spacial score (nSPS) is 21.2. The second-order valence-electron chi connectivity index (χ2n) is 13.3. The molecule has 2 aromatic rings. The molecule has 1 aliphatic heterocycles. The third-order valence-electron chi connectivity index (χ3n) is 7.93. The van der Waals surface area contributed by atoms with E-state index in [4.69, 9.17) is 24.0 Å². The molecule has 26 nitrogen and oxygen atoms in total. The number of nitrogen functional groups attached to an aromatic ring is 1. The molecule has 58 heavy (non-hydrogen) atoms. The van der Waals surface area contributed by atoms with Gasteiger partial charge in [0.1, 0.15) is 30.7 Å². The van der Waals surface area contributed by atoms with E-state index in [-0.39, 0.29) is 54.6 Å². The topological polar surface area (TPSA) is 393 Å². The van der Waals surface area contributed by atoms with Crippen LogP contribution in [0.5, 0.6) is 0 Å². The molecule has 0 bridgehead atoms. The van der Waals surface area contributed by atoms with Gasteiger partial charge in [0.15, 0.2) is 34.8 Å². The van der Waals surface area contributed by atoms with Crippen molar-refractivity contribution in [2.24, 2.45) is 5.41 Å². The number of anilines is 1. The Kier molecular flexibility index (Phi) is 17.9. The highest BCUT2D eigenvalue weighted by Gasteiger charge is 2.51. The maximum absolute atomic E-state index is 13.2. The third kappa shape index (κ3) is 14.6. The van der Waals surface area contributed by atoms with Gasteiger partial charge in [-0.1, -0.05) is 27.2 Å². The first-order chi connectivity index (χ1) is 26.9. The zero-order valence-corrected chi connectivity index (χ0v) is 35.0. The average Bonchev–Trinajstić information content (AvgIpc) is 3.64. The fourth-order valence-electron chi connectivity index (χ4n) is 5.07. The summed E-state index contributed by atoms with van der Waals surface area (Å²) in [6.07, 6.45) is -7.73. The maximum Gasteiger partial charge on any atom is 0.481 e. The number of nitrogens with two attached hydrogens (primary N) is 1. The number of carbonyl (C=O) groups is 4. The minimum atomic E-state index is -5.65. The number of phosphoric acid groups is 3. The number of nitrogens with zero attached hydrogens (tertiary/aromatic N) is 4. The van der Waals surface area contributed by atoms with Crippen molar-refractivity contribution >= 4 is 75.9 Å². The molecule has 3 heterocycles. The predicted octanol–water partition coefficient (Wildman–Crippen LogP) is -0.438. The predicted molar refractivity (Wildman–Crippen MR) is 200 cm³/mol. The number of carbonyl (C=O) groups excluding carboxylic acids is 4. The van der Waals surface area contributed by atoms with E-state index in [0.717, 1.165) is 22.8 Å². The highest BCUT2D eigenvalue weighted by atomic mass is 32.2. The first kappa shape index (κ1) is 49.4. The number of rotatable bonds is 24. The molecule has 3 rings (SSSR count). The molecule has 11 N–H and O–H groups in total. The number of amides is 3. The van der Waals surface area contributed by atoms with Crippen LogP contribution in [0.25, 0.3) is 11.2 Å². The SMILES string of the molecule is CCCCC(=O)c1nc2c(N)ncnc2n1[C@@H]1O[C@H](COP(=O)(O)OP(=O)(O)OCC(C)(C)[C@@H](O)C(=O)NCCC(=O)NCCSNC(C)=O)[C@@H](OP(=O)(O)O)[C@H]1O. The van der Waals surface area contributed by atoms with Gasteiger partial charge in [0.05, 0.1) is 13.2 Å². The van der Waals surface area contributed by atoms with Crippen LogP contribution in [0.3, 0.4) is 0 Å². The number of Topliss-reactive ketones (excluding diaryl/α,β-unsaturated/α-hetero) is 1. The van der Waals surface area contributed by atoms with Crippen molar-refractivity contribution in [1.29, 1.82) is 0 Å². The molecular formula is C28H47N8O18P3S. The summed E-state index contributed by atoms with van der Waals surface area (Å²) in [6, 6.07) is 0. The second kappa shape index (κ2) is 21.0. The Balaban J connectivity index is 1.64. The molecule has 0 aromatic carbocycles. The van der Waals surface area contributed by atoms with E-state index in [0.29, 0.717) is 18.6 Å². The van der Waals surface area contributed by atoms with Gasteiger partial charge in [-0.2, -0.15) is 4.31 Å². The van der Waals surface area contributed by atoms with Gasteiger partial charge in [-0.05, 0) is 18.4 Å². The van der Waals surface area contributed by atoms with Gasteiger partial charge in [-0.3, -0.25) is 37.3 Å². The summed E-state index contributed by atoms with van der Waals surface area (Å²) in [7, 11) is -16.6. The summed E-state index contributed by atoms with van der Waals surface area (Å²) in [4.78, 5) is 100. The van der Waals surface area contributed by atoms with E-state index in [9.17, 15) is 62.7 Å². The summed E-state index contributed by atoms with van der Waals surface area (Å²) >= 11 is 1.09. The Morgan fingerprint density at radius 3 is 2.36 bits per heavy atom.